The second-order valence-corrected chi connectivity index (χ2v) is 6.85. The van der Waals surface area contributed by atoms with Crippen LogP contribution in [0.15, 0.2) is 18.2 Å². The predicted octanol–water partition coefficient (Wildman–Crippen LogP) is 2.11. The number of aromatic nitrogens is 2. The Morgan fingerprint density at radius 1 is 1.35 bits per heavy atom. The average molecular weight is 376 g/mol. The molecule has 8 nitrogen and oxygen atoms in total. The van der Waals surface area contributed by atoms with Crippen molar-refractivity contribution in [3.63, 3.8) is 0 Å². The fourth-order valence-corrected chi connectivity index (χ4v) is 3.46. The second kappa shape index (κ2) is 7.69. The highest BCUT2D eigenvalue weighted by molar-refractivity contribution is 7.15. The number of nitrogens with one attached hydrogen (secondary N) is 1. The molecule has 1 aliphatic rings. The smallest absolute Gasteiger partial charge is 0.231 e. The number of methoxy groups -OCH3 is 2. The van der Waals surface area contributed by atoms with Gasteiger partial charge >= 0.3 is 0 Å². The largest absolute Gasteiger partial charge is 0.497 e. The number of ether oxygens (including phenoxy) is 2. The van der Waals surface area contributed by atoms with E-state index < -0.39 is 5.92 Å². The summed E-state index contributed by atoms with van der Waals surface area (Å²) in [5, 5.41) is 12.0. The van der Waals surface area contributed by atoms with Crippen molar-refractivity contribution in [3.8, 4) is 11.5 Å². The number of benzene rings is 1. The van der Waals surface area contributed by atoms with Crippen molar-refractivity contribution in [2.75, 3.05) is 31.0 Å². The van der Waals surface area contributed by atoms with Crippen LogP contribution >= 0.6 is 11.3 Å². The summed E-state index contributed by atoms with van der Waals surface area (Å²) in [4.78, 5) is 26.5. The SMILES string of the molecule is CCc1nnc(NC(=O)[C@@H]2CC(=O)N(c3ccc(OC)cc3OC)C2)s1. The van der Waals surface area contributed by atoms with Crippen molar-refractivity contribution in [1.29, 1.82) is 0 Å². The normalized spacial score (nSPS) is 16.7. The van der Waals surface area contributed by atoms with Gasteiger partial charge in [0.1, 0.15) is 16.5 Å². The van der Waals surface area contributed by atoms with Gasteiger partial charge in [0.05, 0.1) is 25.8 Å². The number of aryl methyl sites for hydroxylation is 1. The number of carbonyl (C=O) groups is 2. The molecule has 1 aromatic carbocycles. The van der Waals surface area contributed by atoms with Crippen LogP contribution in [0.25, 0.3) is 0 Å². The molecule has 9 heteroatoms. The number of rotatable bonds is 6. The van der Waals surface area contributed by atoms with E-state index in [1.54, 1.807) is 30.2 Å². The lowest BCUT2D eigenvalue weighted by Gasteiger charge is -2.20. The van der Waals surface area contributed by atoms with Gasteiger partial charge in [-0.3, -0.25) is 9.59 Å². The molecule has 0 saturated carbocycles. The van der Waals surface area contributed by atoms with Crippen molar-refractivity contribution in [1.82, 2.24) is 10.2 Å². The standard InChI is InChI=1S/C17H20N4O4S/c1-4-14-19-20-17(26-14)18-16(23)10-7-15(22)21(9-10)12-6-5-11(24-2)8-13(12)25-3/h5-6,8,10H,4,7,9H2,1-3H3,(H,18,20,23)/t10-/m1/s1. The van der Waals surface area contributed by atoms with E-state index in [1.807, 2.05) is 6.92 Å². The zero-order chi connectivity index (χ0) is 18.7. The summed E-state index contributed by atoms with van der Waals surface area (Å²) >= 11 is 1.34. The van der Waals surface area contributed by atoms with E-state index in [2.05, 4.69) is 15.5 Å². The highest BCUT2D eigenvalue weighted by Gasteiger charge is 2.36. The van der Waals surface area contributed by atoms with Crippen LogP contribution in [0.3, 0.4) is 0 Å². The van der Waals surface area contributed by atoms with Crippen LogP contribution < -0.4 is 19.7 Å². The van der Waals surface area contributed by atoms with Gasteiger partial charge in [0, 0.05) is 19.0 Å². The third kappa shape index (κ3) is 3.62. The molecule has 1 aliphatic heterocycles. The van der Waals surface area contributed by atoms with Crippen LogP contribution in [0.2, 0.25) is 0 Å². The van der Waals surface area contributed by atoms with E-state index in [9.17, 15) is 9.59 Å². The number of hydrogen-bond donors (Lipinski definition) is 1. The van der Waals surface area contributed by atoms with Crippen LogP contribution in [0.4, 0.5) is 10.8 Å². The Morgan fingerprint density at radius 2 is 2.15 bits per heavy atom. The van der Waals surface area contributed by atoms with Gasteiger partial charge in [-0.1, -0.05) is 18.3 Å². The van der Waals surface area contributed by atoms with E-state index in [1.165, 1.54) is 18.4 Å². The first-order valence-corrected chi connectivity index (χ1v) is 9.03. The van der Waals surface area contributed by atoms with Crippen LogP contribution in [-0.2, 0) is 16.0 Å². The quantitative estimate of drug-likeness (QED) is 0.830. The topological polar surface area (TPSA) is 93.7 Å². The highest BCUT2D eigenvalue weighted by atomic mass is 32.1. The third-order valence-corrected chi connectivity index (χ3v) is 5.16. The minimum atomic E-state index is -0.455. The summed E-state index contributed by atoms with van der Waals surface area (Å²) in [5.41, 5.74) is 0.623. The Morgan fingerprint density at radius 3 is 2.81 bits per heavy atom. The predicted molar refractivity (Wildman–Crippen MR) is 97.9 cm³/mol. The molecule has 2 amide bonds. The Bertz CT molecular complexity index is 823. The van der Waals surface area contributed by atoms with Crippen LogP contribution in [-0.4, -0.2) is 42.8 Å². The van der Waals surface area contributed by atoms with Crippen LogP contribution in [0.5, 0.6) is 11.5 Å². The first-order valence-electron chi connectivity index (χ1n) is 8.21. The van der Waals surface area contributed by atoms with Gasteiger partial charge in [-0.15, -0.1) is 10.2 Å². The molecular weight excluding hydrogens is 356 g/mol. The maximum Gasteiger partial charge on any atom is 0.231 e. The van der Waals surface area contributed by atoms with E-state index in [0.29, 0.717) is 22.3 Å². The van der Waals surface area contributed by atoms with Gasteiger partial charge in [0.25, 0.3) is 0 Å². The molecule has 2 aromatic rings. The Kier molecular flexibility index (Phi) is 5.36. The number of hydrogen-bond acceptors (Lipinski definition) is 7. The maximum absolute atomic E-state index is 12.5. The van der Waals surface area contributed by atoms with Crippen molar-refractivity contribution in [2.45, 2.75) is 19.8 Å². The fraction of sp³-hybridized carbons (Fsp3) is 0.412. The first-order chi connectivity index (χ1) is 12.5. The molecule has 3 rings (SSSR count). The molecule has 138 valence electrons. The van der Waals surface area contributed by atoms with E-state index in [-0.39, 0.29) is 24.8 Å². The molecule has 1 saturated heterocycles. The minimum Gasteiger partial charge on any atom is -0.497 e. The van der Waals surface area contributed by atoms with Crippen LogP contribution in [0, 0.1) is 5.92 Å². The lowest BCUT2D eigenvalue weighted by molar-refractivity contribution is -0.122. The van der Waals surface area contributed by atoms with Gasteiger partial charge in [0.2, 0.25) is 16.9 Å². The number of amides is 2. The number of nitrogens with zero attached hydrogens (tertiary/aromatic N) is 3. The summed E-state index contributed by atoms with van der Waals surface area (Å²) in [6, 6.07) is 5.23. The molecular formula is C17H20N4O4S. The zero-order valence-electron chi connectivity index (χ0n) is 14.8. The van der Waals surface area contributed by atoms with Gasteiger partial charge in [0.15, 0.2) is 0 Å². The first kappa shape index (κ1) is 18.1. The molecule has 0 radical (unpaired) electrons. The highest BCUT2D eigenvalue weighted by Crippen LogP contribution is 2.36. The molecule has 0 spiro atoms. The summed E-state index contributed by atoms with van der Waals surface area (Å²) in [7, 11) is 3.09. The van der Waals surface area contributed by atoms with Crippen LogP contribution in [0.1, 0.15) is 18.4 Å². The fourth-order valence-electron chi connectivity index (χ4n) is 2.78. The average Bonchev–Trinajstić information content (AvgIpc) is 3.27. The summed E-state index contributed by atoms with van der Waals surface area (Å²) in [6.45, 7) is 2.26. The molecule has 1 atom stereocenters. The molecule has 1 fully saturated rings. The second-order valence-electron chi connectivity index (χ2n) is 5.79. The van der Waals surface area contributed by atoms with E-state index >= 15 is 0 Å². The summed E-state index contributed by atoms with van der Waals surface area (Å²) in [5.74, 6) is 0.348. The Hall–Kier alpha value is -2.68. The monoisotopic (exact) mass is 376 g/mol. The molecule has 1 N–H and O–H groups in total. The molecule has 26 heavy (non-hydrogen) atoms. The van der Waals surface area contributed by atoms with E-state index in [4.69, 9.17) is 9.47 Å². The molecule has 1 aromatic heterocycles. The van der Waals surface area contributed by atoms with Crippen molar-refractivity contribution < 1.29 is 19.1 Å². The molecule has 0 aliphatic carbocycles. The minimum absolute atomic E-state index is 0.125. The summed E-state index contributed by atoms with van der Waals surface area (Å²) < 4.78 is 10.5. The van der Waals surface area contributed by atoms with Gasteiger partial charge in [-0.25, -0.2) is 0 Å². The van der Waals surface area contributed by atoms with Gasteiger partial charge in [-0.05, 0) is 18.6 Å². The Labute approximate surface area is 155 Å². The molecule has 0 unspecified atom stereocenters. The molecule has 2 heterocycles. The van der Waals surface area contributed by atoms with E-state index in [0.717, 1.165) is 11.4 Å². The number of anilines is 2. The number of carbonyl (C=O) groups excluding carboxylic acids is 2. The molecule has 0 bridgehead atoms. The van der Waals surface area contributed by atoms with Crippen molar-refractivity contribution in [3.05, 3.63) is 23.2 Å². The van der Waals surface area contributed by atoms with Crippen molar-refractivity contribution in [2.24, 2.45) is 5.92 Å². The Balaban J connectivity index is 1.73. The third-order valence-electron chi connectivity index (χ3n) is 4.17. The zero-order valence-corrected chi connectivity index (χ0v) is 15.6. The summed E-state index contributed by atoms with van der Waals surface area (Å²) in [6.07, 6.45) is 0.904. The lowest BCUT2D eigenvalue weighted by Crippen LogP contribution is -2.28. The lowest BCUT2D eigenvalue weighted by atomic mass is 10.1. The van der Waals surface area contributed by atoms with Crippen molar-refractivity contribution >= 4 is 34.0 Å². The maximum atomic E-state index is 12.5. The van der Waals surface area contributed by atoms with Gasteiger partial charge < -0.3 is 19.7 Å². The van der Waals surface area contributed by atoms with Gasteiger partial charge in [-0.2, -0.15) is 0 Å².